The highest BCUT2D eigenvalue weighted by Gasteiger charge is 2.38. The maximum absolute atomic E-state index is 13.3. The summed E-state index contributed by atoms with van der Waals surface area (Å²) in [6.45, 7) is 6.37. The van der Waals surface area contributed by atoms with Crippen molar-refractivity contribution >= 4 is 11.9 Å². The van der Waals surface area contributed by atoms with Crippen LogP contribution in [0.5, 0.6) is 0 Å². The van der Waals surface area contributed by atoms with Gasteiger partial charge in [-0.2, -0.15) is 0 Å². The third kappa shape index (κ3) is 3.62. The first-order valence-electron chi connectivity index (χ1n) is 9.14. The minimum Gasteiger partial charge on any atom is -0.481 e. The van der Waals surface area contributed by atoms with Crippen molar-refractivity contribution in [3.05, 3.63) is 52.8 Å². The Labute approximate surface area is 159 Å². The lowest BCUT2D eigenvalue weighted by atomic mass is 10.1. The van der Waals surface area contributed by atoms with Crippen LogP contribution in [0.1, 0.15) is 40.2 Å². The molecule has 2 atom stereocenters. The molecular formula is C21H26N2O4. The molecule has 0 spiro atoms. The minimum atomic E-state index is -0.903. The van der Waals surface area contributed by atoms with E-state index in [1.165, 1.54) is 0 Å². The first-order valence-corrected chi connectivity index (χ1v) is 9.14. The molecule has 1 saturated heterocycles. The van der Waals surface area contributed by atoms with E-state index in [4.69, 9.17) is 4.74 Å². The molecule has 2 heterocycles. The molecule has 144 valence electrons. The molecular weight excluding hydrogens is 344 g/mol. The van der Waals surface area contributed by atoms with Gasteiger partial charge in [0.25, 0.3) is 5.91 Å². The summed E-state index contributed by atoms with van der Waals surface area (Å²) in [5.74, 6) is -1.03. The summed E-state index contributed by atoms with van der Waals surface area (Å²) in [5, 5.41) is 9.20. The van der Waals surface area contributed by atoms with Crippen LogP contribution >= 0.6 is 0 Å². The van der Waals surface area contributed by atoms with E-state index in [2.05, 4.69) is 4.57 Å². The summed E-state index contributed by atoms with van der Waals surface area (Å²) in [6, 6.07) is 9.60. The van der Waals surface area contributed by atoms with Crippen LogP contribution in [-0.4, -0.2) is 52.3 Å². The standard InChI is InChI=1S/C21H26N2O4/c1-13-7-5-6-8-19(13)23-14(2)9-18(15(23)3)21(26)22-12-17(27-4)10-16(22)11-20(24)25/h5-9,16-17H,10-12H2,1-4H3,(H,24,25). The lowest BCUT2D eigenvalue weighted by Crippen LogP contribution is -2.37. The monoisotopic (exact) mass is 370 g/mol. The van der Waals surface area contributed by atoms with E-state index < -0.39 is 5.97 Å². The molecule has 1 aliphatic heterocycles. The number of nitrogens with zero attached hydrogens (tertiary/aromatic N) is 2. The summed E-state index contributed by atoms with van der Waals surface area (Å²) in [7, 11) is 1.60. The molecule has 1 aliphatic rings. The molecule has 0 aliphatic carbocycles. The van der Waals surface area contributed by atoms with Gasteiger partial charge in [0.15, 0.2) is 0 Å². The van der Waals surface area contributed by atoms with E-state index in [0.717, 1.165) is 22.6 Å². The van der Waals surface area contributed by atoms with Gasteiger partial charge in [-0.05, 0) is 44.9 Å². The third-order valence-corrected chi connectivity index (χ3v) is 5.40. The summed E-state index contributed by atoms with van der Waals surface area (Å²) >= 11 is 0. The Hall–Kier alpha value is -2.60. The molecule has 0 radical (unpaired) electrons. The molecule has 1 N–H and O–H groups in total. The molecule has 1 aromatic carbocycles. The number of aryl methyl sites for hydroxylation is 2. The van der Waals surface area contributed by atoms with Gasteiger partial charge in [-0.1, -0.05) is 18.2 Å². The summed E-state index contributed by atoms with van der Waals surface area (Å²) in [5.41, 5.74) is 4.62. The number of ether oxygens (including phenoxy) is 1. The second-order valence-corrected chi connectivity index (χ2v) is 7.21. The van der Waals surface area contributed by atoms with Crippen molar-refractivity contribution in [2.75, 3.05) is 13.7 Å². The van der Waals surface area contributed by atoms with E-state index in [-0.39, 0.29) is 24.5 Å². The van der Waals surface area contributed by atoms with Crippen LogP contribution in [0, 0.1) is 20.8 Å². The van der Waals surface area contributed by atoms with Crippen molar-refractivity contribution in [1.29, 1.82) is 0 Å². The van der Waals surface area contributed by atoms with Crippen LogP contribution in [0.3, 0.4) is 0 Å². The van der Waals surface area contributed by atoms with Gasteiger partial charge in [0.2, 0.25) is 0 Å². The van der Waals surface area contributed by atoms with Crippen LogP contribution in [0.4, 0.5) is 0 Å². The van der Waals surface area contributed by atoms with Crippen molar-refractivity contribution in [2.45, 2.75) is 45.8 Å². The third-order valence-electron chi connectivity index (χ3n) is 5.40. The van der Waals surface area contributed by atoms with Crippen molar-refractivity contribution < 1.29 is 19.4 Å². The topological polar surface area (TPSA) is 71.8 Å². The van der Waals surface area contributed by atoms with Crippen LogP contribution in [0.25, 0.3) is 5.69 Å². The first kappa shape index (κ1) is 19.2. The Bertz CT molecular complexity index is 871. The minimum absolute atomic E-state index is 0.0673. The van der Waals surface area contributed by atoms with Gasteiger partial charge in [-0.25, -0.2) is 0 Å². The molecule has 2 aromatic rings. The van der Waals surface area contributed by atoms with Gasteiger partial charge in [0.05, 0.1) is 18.1 Å². The molecule has 3 rings (SSSR count). The average molecular weight is 370 g/mol. The zero-order chi connectivity index (χ0) is 19.7. The average Bonchev–Trinajstić information content (AvgIpc) is 3.15. The molecule has 6 nitrogen and oxygen atoms in total. The van der Waals surface area contributed by atoms with Gasteiger partial charge >= 0.3 is 5.97 Å². The first-order chi connectivity index (χ1) is 12.8. The number of para-hydroxylation sites is 1. The summed E-state index contributed by atoms with van der Waals surface area (Å²) in [6.07, 6.45) is 0.353. The highest BCUT2D eigenvalue weighted by atomic mass is 16.5. The predicted octanol–water partition coefficient (Wildman–Crippen LogP) is 3.11. The number of hydrogen-bond donors (Lipinski definition) is 1. The Morgan fingerprint density at radius 2 is 1.93 bits per heavy atom. The SMILES string of the molecule is COC1CC(CC(=O)O)N(C(=O)c2cc(C)n(-c3ccccc3C)c2C)C1. The Morgan fingerprint density at radius 3 is 2.56 bits per heavy atom. The number of carbonyl (C=O) groups is 2. The van der Waals surface area contributed by atoms with Gasteiger partial charge in [0.1, 0.15) is 0 Å². The Kier molecular flexibility index (Phi) is 5.37. The van der Waals surface area contributed by atoms with Crippen molar-refractivity contribution in [3.8, 4) is 5.69 Å². The van der Waals surface area contributed by atoms with E-state index in [1.54, 1.807) is 12.0 Å². The Balaban J connectivity index is 1.97. The Morgan fingerprint density at radius 1 is 1.22 bits per heavy atom. The number of aromatic nitrogens is 1. The largest absolute Gasteiger partial charge is 0.481 e. The van der Waals surface area contributed by atoms with E-state index in [1.807, 2.05) is 51.1 Å². The fourth-order valence-electron chi connectivity index (χ4n) is 4.01. The number of hydrogen-bond acceptors (Lipinski definition) is 3. The number of carboxylic acids is 1. The maximum Gasteiger partial charge on any atom is 0.305 e. The van der Waals surface area contributed by atoms with E-state index >= 15 is 0 Å². The number of methoxy groups -OCH3 is 1. The molecule has 1 aromatic heterocycles. The number of amides is 1. The zero-order valence-corrected chi connectivity index (χ0v) is 16.2. The normalized spacial score (nSPS) is 19.5. The van der Waals surface area contributed by atoms with Gasteiger partial charge in [-0.15, -0.1) is 0 Å². The molecule has 2 unspecified atom stereocenters. The number of likely N-dealkylation sites (tertiary alicyclic amines) is 1. The number of carbonyl (C=O) groups excluding carboxylic acids is 1. The van der Waals surface area contributed by atoms with Crippen LogP contribution in [0.15, 0.2) is 30.3 Å². The smallest absolute Gasteiger partial charge is 0.305 e. The van der Waals surface area contributed by atoms with Crippen molar-refractivity contribution in [1.82, 2.24) is 9.47 Å². The number of benzene rings is 1. The quantitative estimate of drug-likeness (QED) is 0.878. The number of rotatable bonds is 5. The predicted molar refractivity (Wildman–Crippen MR) is 102 cm³/mol. The second kappa shape index (κ2) is 7.56. The molecule has 1 fully saturated rings. The van der Waals surface area contributed by atoms with Crippen LogP contribution < -0.4 is 0 Å². The molecule has 0 saturated carbocycles. The van der Waals surface area contributed by atoms with Gasteiger partial charge in [0, 0.05) is 36.8 Å². The lowest BCUT2D eigenvalue weighted by molar-refractivity contribution is -0.137. The van der Waals surface area contributed by atoms with Gasteiger partial charge in [-0.3, -0.25) is 9.59 Å². The number of aliphatic carboxylic acids is 1. The molecule has 6 heteroatoms. The highest BCUT2D eigenvalue weighted by Crippen LogP contribution is 2.28. The fraction of sp³-hybridized carbons (Fsp3) is 0.429. The van der Waals surface area contributed by atoms with Crippen LogP contribution in [-0.2, 0) is 9.53 Å². The fourth-order valence-corrected chi connectivity index (χ4v) is 4.01. The van der Waals surface area contributed by atoms with Crippen molar-refractivity contribution in [3.63, 3.8) is 0 Å². The van der Waals surface area contributed by atoms with Crippen LogP contribution in [0.2, 0.25) is 0 Å². The summed E-state index contributed by atoms with van der Waals surface area (Å²) in [4.78, 5) is 26.1. The number of carboxylic acid groups (broad SMARTS) is 1. The molecule has 1 amide bonds. The van der Waals surface area contributed by atoms with Crippen molar-refractivity contribution in [2.24, 2.45) is 0 Å². The summed E-state index contributed by atoms with van der Waals surface area (Å²) < 4.78 is 7.47. The van der Waals surface area contributed by atoms with E-state index in [9.17, 15) is 14.7 Å². The molecule has 27 heavy (non-hydrogen) atoms. The van der Waals surface area contributed by atoms with Gasteiger partial charge < -0.3 is 19.3 Å². The lowest BCUT2D eigenvalue weighted by Gasteiger charge is -2.23. The maximum atomic E-state index is 13.3. The highest BCUT2D eigenvalue weighted by molar-refractivity contribution is 5.96. The zero-order valence-electron chi connectivity index (χ0n) is 16.2. The second-order valence-electron chi connectivity index (χ2n) is 7.21. The molecule has 0 bridgehead atoms. The van der Waals surface area contributed by atoms with E-state index in [0.29, 0.717) is 18.5 Å².